The van der Waals surface area contributed by atoms with Crippen LogP contribution in [0, 0.1) is 11.8 Å². The summed E-state index contributed by atoms with van der Waals surface area (Å²) in [5.74, 6) is 0.552. The summed E-state index contributed by atoms with van der Waals surface area (Å²) in [5, 5.41) is 0. The quantitative estimate of drug-likeness (QED) is 0.687. The lowest BCUT2D eigenvalue weighted by Gasteiger charge is -2.19. The summed E-state index contributed by atoms with van der Waals surface area (Å²) < 4.78 is 0. The van der Waals surface area contributed by atoms with E-state index in [9.17, 15) is 4.79 Å². The van der Waals surface area contributed by atoms with E-state index in [1.165, 1.54) is 0 Å². The molecule has 0 aromatic carbocycles. The van der Waals surface area contributed by atoms with E-state index < -0.39 is 0 Å². The van der Waals surface area contributed by atoms with E-state index in [1.807, 2.05) is 13.8 Å². The maximum absolute atomic E-state index is 11.7. The molecule has 2 nitrogen and oxygen atoms in total. The summed E-state index contributed by atoms with van der Waals surface area (Å²) in [6.07, 6.45) is 1.87. The molecule has 0 spiro atoms. The molecule has 2 N–H and O–H groups in total. The maximum Gasteiger partial charge on any atom is 0.140 e. The zero-order valence-corrected chi connectivity index (χ0v) is 8.63. The minimum atomic E-state index is -0.0156. The molecule has 0 aromatic rings. The van der Waals surface area contributed by atoms with E-state index in [0.717, 1.165) is 12.8 Å². The van der Waals surface area contributed by atoms with Gasteiger partial charge in [0.1, 0.15) is 5.78 Å². The van der Waals surface area contributed by atoms with Crippen LogP contribution in [0.25, 0.3) is 0 Å². The van der Waals surface area contributed by atoms with Gasteiger partial charge in [0.25, 0.3) is 0 Å². The van der Waals surface area contributed by atoms with Crippen molar-refractivity contribution in [3.63, 3.8) is 0 Å². The first-order valence-electron chi connectivity index (χ1n) is 4.83. The van der Waals surface area contributed by atoms with Gasteiger partial charge in [-0.3, -0.25) is 4.79 Å². The standard InChI is InChI=1S/C10H21NO/c1-5-9(6-2)10(12)7(3)8(4)11/h7-9H,5-6,11H2,1-4H3. The minimum absolute atomic E-state index is 0.00917. The fourth-order valence-corrected chi connectivity index (χ4v) is 1.32. The van der Waals surface area contributed by atoms with E-state index in [0.29, 0.717) is 5.78 Å². The van der Waals surface area contributed by atoms with Crippen molar-refractivity contribution in [2.45, 2.75) is 46.6 Å². The average molecular weight is 171 g/mol. The van der Waals surface area contributed by atoms with Crippen LogP contribution < -0.4 is 5.73 Å². The van der Waals surface area contributed by atoms with Crippen molar-refractivity contribution in [2.24, 2.45) is 17.6 Å². The third kappa shape index (κ3) is 2.94. The highest BCUT2D eigenvalue weighted by Crippen LogP contribution is 2.16. The Balaban J connectivity index is 4.16. The summed E-state index contributed by atoms with van der Waals surface area (Å²) in [4.78, 5) is 11.7. The summed E-state index contributed by atoms with van der Waals surface area (Å²) in [7, 11) is 0. The summed E-state index contributed by atoms with van der Waals surface area (Å²) in [6, 6.07) is -0.0156. The van der Waals surface area contributed by atoms with E-state index in [-0.39, 0.29) is 17.9 Å². The molecule has 12 heavy (non-hydrogen) atoms. The van der Waals surface area contributed by atoms with E-state index >= 15 is 0 Å². The first-order valence-corrected chi connectivity index (χ1v) is 4.83. The van der Waals surface area contributed by atoms with Crippen LogP contribution in [-0.2, 0) is 4.79 Å². The first kappa shape index (κ1) is 11.6. The molecule has 0 amide bonds. The average Bonchev–Trinajstić information content (AvgIpc) is 2.05. The maximum atomic E-state index is 11.7. The van der Waals surface area contributed by atoms with Gasteiger partial charge in [-0.25, -0.2) is 0 Å². The second kappa shape index (κ2) is 5.31. The Kier molecular flexibility index (Phi) is 5.14. The molecule has 0 saturated carbocycles. The molecule has 2 atom stereocenters. The van der Waals surface area contributed by atoms with Gasteiger partial charge < -0.3 is 5.73 Å². The molecule has 2 heteroatoms. The Morgan fingerprint density at radius 3 is 1.92 bits per heavy atom. The third-order valence-corrected chi connectivity index (χ3v) is 2.63. The molecule has 0 aliphatic heterocycles. The van der Waals surface area contributed by atoms with E-state index in [1.54, 1.807) is 0 Å². The van der Waals surface area contributed by atoms with Crippen LogP contribution >= 0.6 is 0 Å². The van der Waals surface area contributed by atoms with Gasteiger partial charge in [0, 0.05) is 17.9 Å². The van der Waals surface area contributed by atoms with Crippen molar-refractivity contribution in [1.29, 1.82) is 0 Å². The van der Waals surface area contributed by atoms with Gasteiger partial charge in [0.05, 0.1) is 0 Å². The zero-order valence-electron chi connectivity index (χ0n) is 8.63. The van der Waals surface area contributed by atoms with Crippen LogP contribution in [0.15, 0.2) is 0 Å². The Bertz CT molecular complexity index is 135. The summed E-state index contributed by atoms with van der Waals surface area (Å²) in [5.41, 5.74) is 5.66. The molecule has 0 rings (SSSR count). The van der Waals surface area contributed by atoms with Crippen LogP contribution in [0.3, 0.4) is 0 Å². The molecule has 0 radical (unpaired) electrons. The second-order valence-corrected chi connectivity index (χ2v) is 3.56. The lowest BCUT2D eigenvalue weighted by Crippen LogP contribution is -2.34. The van der Waals surface area contributed by atoms with Crippen molar-refractivity contribution in [3.8, 4) is 0 Å². The highest BCUT2D eigenvalue weighted by atomic mass is 16.1. The minimum Gasteiger partial charge on any atom is -0.327 e. The van der Waals surface area contributed by atoms with Crippen molar-refractivity contribution in [2.75, 3.05) is 0 Å². The molecule has 0 saturated heterocycles. The molecule has 0 aliphatic carbocycles. The lowest BCUT2D eigenvalue weighted by atomic mass is 9.87. The van der Waals surface area contributed by atoms with Crippen LogP contribution in [0.4, 0.5) is 0 Å². The largest absolute Gasteiger partial charge is 0.327 e. The first-order chi connectivity index (χ1) is 5.54. The fraction of sp³-hybridized carbons (Fsp3) is 0.900. The number of rotatable bonds is 5. The smallest absolute Gasteiger partial charge is 0.140 e. The van der Waals surface area contributed by atoms with Gasteiger partial charge >= 0.3 is 0 Å². The third-order valence-electron chi connectivity index (χ3n) is 2.63. The normalized spacial score (nSPS) is 16.2. The van der Waals surface area contributed by atoms with Gasteiger partial charge in [-0.05, 0) is 19.8 Å². The van der Waals surface area contributed by atoms with Crippen molar-refractivity contribution < 1.29 is 4.79 Å². The molecule has 72 valence electrons. The number of Topliss-reactive ketones (excluding diaryl/α,β-unsaturated/α-hetero) is 1. The molecule has 0 aliphatic rings. The van der Waals surface area contributed by atoms with Gasteiger partial charge in [-0.1, -0.05) is 20.8 Å². The van der Waals surface area contributed by atoms with Gasteiger partial charge in [0.2, 0.25) is 0 Å². The predicted molar refractivity (Wildman–Crippen MR) is 51.9 cm³/mol. The van der Waals surface area contributed by atoms with Gasteiger partial charge in [-0.15, -0.1) is 0 Å². The Morgan fingerprint density at radius 1 is 1.25 bits per heavy atom. The van der Waals surface area contributed by atoms with Gasteiger partial charge in [-0.2, -0.15) is 0 Å². The second-order valence-electron chi connectivity index (χ2n) is 3.56. The number of nitrogens with two attached hydrogens (primary N) is 1. The monoisotopic (exact) mass is 171 g/mol. The zero-order chi connectivity index (χ0) is 9.72. The fourth-order valence-electron chi connectivity index (χ4n) is 1.32. The Morgan fingerprint density at radius 2 is 1.67 bits per heavy atom. The van der Waals surface area contributed by atoms with Crippen LogP contribution in [0.2, 0.25) is 0 Å². The van der Waals surface area contributed by atoms with Crippen LogP contribution in [0.1, 0.15) is 40.5 Å². The predicted octanol–water partition coefficient (Wildman–Crippen LogP) is 1.98. The molecule has 0 fully saturated rings. The van der Waals surface area contributed by atoms with Crippen LogP contribution in [-0.4, -0.2) is 11.8 Å². The summed E-state index contributed by atoms with van der Waals surface area (Å²) >= 11 is 0. The van der Waals surface area contributed by atoms with Crippen molar-refractivity contribution in [1.82, 2.24) is 0 Å². The van der Waals surface area contributed by atoms with E-state index in [2.05, 4.69) is 13.8 Å². The number of hydrogen-bond donors (Lipinski definition) is 1. The highest BCUT2D eigenvalue weighted by Gasteiger charge is 2.23. The number of carbonyl (C=O) groups is 1. The number of hydrogen-bond acceptors (Lipinski definition) is 2. The molecular weight excluding hydrogens is 150 g/mol. The number of carbonyl (C=O) groups excluding carboxylic acids is 1. The van der Waals surface area contributed by atoms with Crippen LogP contribution in [0.5, 0.6) is 0 Å². The Hall–Kier alpha value is -0.370. The Labute approximate surface area is 75.5 Å². The highest BCUT2D eigenvalue weighted by molar-refractivity contribution is 5.83. The van der Waals surface area contributed by atoms with Crippen molar-refractivity contribution in [3.05, 3.63) is 0 Å². The molecule has 2 unspecified atom stereocenters. The molecular formula is C10H21NO. The van der Waals surface area contributed by atoms with Gasteiger partial charge in [0.15, 0.2) is 0 Å². The lowest BCUT2D eigenvalue weighted by molar-refractivity contribution is -0.126. The van der Waals surface area contributed by atoms with E-state index in [4.69, 9.17) is 5.73 Å². The molecule has 0 aromatic heterocycles. The number of ketones is 1. The SMILES string of the molecule is CCC(CC)C(=O)C(C)C(C)N. The summed E-state index contributed by atoms with van der Waals surface area (Å²) in [6.45, 7) is 7.93. The molecule has 0 heterocycles. The topological polar surface area (TPSA) is 43.1 Å². The van der Waals surface area contributed by atoms with Crippen molar-refractivity contribution >= 4 is 5.78 Å². The molecule has 0 bridgehead atoms.